The summed E-state index contributed by atoms with van der Waals surface area (Å²) < 4.78 is 57.4. The summed E-state index contributed by atoms with van der Waals surface area (Å²) in [6.45, 7) is 14.8. The molecule has 1 aromatic carbocycles. The van der Waals surface area contributed by atoms with Crippen LogP contribution in [-0.2, 0) is 26.5 Å². The van der Waals surface area contributed by atoms with E-state index in [1.807, 2.05) is 34.6 Å². The van der Waals surface area contributed by atoms with Gasteiger partial charge in [0.2, 0.25) is 5.88 Å². The quantitative estimate of drug-likeness (QED) is 0.324. The summed E-state index contributed by atoms with van der Waals surface area (Å²) in [5, 5.41) is 3.48. The molecular formula is C25H36N2O6S2. The number of carbonyl (C=O) groups is 1. The lowest BCUT2D eigenvalue weighted by atomic mass is 9.91. The lowest BCUT2D eigenvalue weighted by Crippen LogP contribution is -2.25. The molecule has 1 heterocycles. The van der Waals surface area contributed by atoms with Gasteiger partial charge in [-0.1, -0.05) is 26.3 Å². The average molecular weight is 525 g/mol. The maximum Gasteiger partial charge on any atom is 0.313 e. The van der Waals surface area contributed by atoms with E-state index in [-0.39, 0.29) is 27.8 Å². The maximum absolute atomic E-state index is 13.7. The van der Waals surface area contributed by atoms with Gasteiger partial charge in [0.1, 0.15) is 5.56 Å². The smallest absolute Gasteiger partial charge is 0.313 e. The Labute approximate surface area is 209 Å². The summed E-state index contributed by atoms with van der Waals surface area (Å²) in [5.41, 5.74) is 2.89. The number of hydrogen-bond acceptors (Lipinski definition) is 7. The molecule has 1 unspecified atom stereocenters. The van der Waals surface area contributed by atoms with Crippen molar-refractivity contribution in [3.8, 4) is 5.88 Å². The van der Waals surface area contributed by atoms with Crippen LogP contribution in [-0.4, -0.2) is 43.9 Å². The normalized spacial score (nSPS) is 13.1. The zero-order valence-corrected chi connectivity index (χ0v) is 23.6. The minimum absolute atomic E-state index is 0.00790. The largest absolute Gasteiger partial charge is 0.361 e. The number of rotatable bonds is 10. The fourth-order valence-corrected chi connectivity index (χ4v) is 5.55. The van der Waals surface area contributed by atoms with Gasteiger partial charge < -0.3 is 4.18 Å². The van der Waals surface area contributed by atoms with E-state index in [1.54, 1.807) is 20.8 Å². The van der Waals surface area contributed by atoms with Crippen molar-refractivity contribution in [3.63, 3.8) is 0 Å². The van der Waals surface area contributed by atoms with Crippen LogP contribution >= 0.6 is 0 Å². The highest BCUT2D eigenvalue weighted by Gasteiger charge is 2.30. The number of aromatic nitrogens is 2. The van der Waals surface area contributed by atoms with Crippen molar-refractivity contribution < 1.29 is 25.8 Å². The molecule has 2 rings (SSSR count). The summed E-state index contributed by atoms with van der Waals surface area (Å²) >= 11 is 0. The molecule has 0 aliphatic rings. The van der Waals surface area contributed by atoms with Gasteiger partial charge in [-0.15, -0.1) is 0 Å². The fraction of sp³-hybridized carbons (Fsp3) is 0.520. The molecule has 194 valence electrons. The van der Waals surface area contributed by atoms with Gasteiger partial charge in [-0.2, -0.15) is 13.5 Å². The van der Waals surface area contributed by atoms with Crippen LogP contribution in [0.1, 0.15) is 81.9 Å². The molecule has 0 saturated carbocycles. The summed E-state index contributed by atoms with van der Waals surface area (Å²) in [6, 6.07) is 2.88. The molecule has 0 spiro atoms. The second kappa shape index (κ2) is 10.7. The Kier molecular flexibility index (Phi) is 8.76. The number of ketones is 1. The van der Waals surface area contributed by atoms with Crippen molar-refractivity contribution >= 4 is 31.3 Å². The van der Waals surface area contributed by atoms with Crippen LogP contribution in [0.3, 0.4) is 0 Å². The molecule has 0 radical (unpaired) electrons. The first-order valence-electron chi connectivity index (χ1n) is 11.5. The number of allylic oxidation sites excluding steroid dienone is 2. The van der Waals surface area contributed by atoms with Gasteiger partial charge >= 0.3 is 10.1 Å². The van der Waals surface area contributed by atoms with Crippen molar-refractivity contribution in [2.75, 3.05) is 6.26 Å². The van der Waals surface area contributed by atoms with E-state index in [2.05, 4.69) is 5.10 Å². The van der Waals surface area contributed by atoms with Crippen LogP contribution < -0.4 is 4.18 Å². The van der Waals surface area contributed by atoms with Gasteiger partial charge in [0, 0.05) is 18.4 Å². The van der Waals surface area contributed by atoms with Gasteiger partial charge in [-0.3, -0.25) is 4.79 Å². The number of carbonyl (C=O) groups excluding carboxylic acids is 1. The fourth-order valence-electron chi connectivity index (χ4n) is 3.59. The van der Waals surface area contributed by atoms with Crippen molar-refractivity contribution in [2.24, 2.45) is 5.92 Å². The second-order valence-electron chi connectivity index (χ2n) is 9.57. The van der Waals surface area contributed by atoms with Crippen LogP contribution in [0.15, 0.2) is 28.8 Å². The summed E-state index contributed by atoms with van der Waals surface area (Å²) in [4.78, 5) is 13.9. The van der Waals surface area contributed by atoms with Crippen LogP contribution in [0, 0.1) is 12.8 Å². The molecule has 0 fully saturated rings. The Morgan fingerprint density at radius 1 is 1.06 bits per heavy atom. The first kappa shape index (κ1) is 28.8. The van der Waals surface area contributed by atoms with Crippen molar-refractivity contribution in [2.45, 2.75) is 78.5 Å². The van der Waals surface area contributed by atoms with Gasteiger partial charge in [0.05, 0.1) is 16.3 Å². The first-order valence-corrected chi connectivity index (χ1v) is 14.9. The molecule has 8 nitrogen and oxygen atoms in total. The lowest BCUT2D eigenvalue weighted by Gasteiger charge is -2.18. The molecule has 0 amide bonds. The minimum Gasteiger partial charge on any atom is -0.361 e. The predicted octanol–water partition coefficient (Wildman–Crippen LogP) is 4.80. The highest BCUT2D eigenvalue weighted by atomic mass is 32.2. The molecule has 1 aromatic heterocycles. The molecule has 0 aliphatic carbocycles. The molecule has 0 saturated heterocycles. The average Bonchev–Trinajstić information content (AvgIpc) is 3.11. The molecule has 1 atom stereocenters. The molecule has 0 N–H and O–H groups in total. The van der Waals surface area contributed by atoms with Crippen molar-refractivity contribution in [1.29, 1.82) is 0 Å². The van der Waals surface area contributed by atoms with Gasteiger partial charge in [0.15, 0.2) is 15.6 Å². The molecule has 10 heteroatoms. The second-order valence-corrected chi connectivity index (χ2v) is 13.5. The summed E-state index contributed by atoms with van der Waals surface area (Å²) in [6.07, 6.45) is 2.79. The van der Waals surface area contributed by atoms with Crippen LogP contribution in [0.4, 0.5) is 0 Å². The Morgan fingerprint density at radius 3 is 2.14 bits per heavy atom. The first-order chi connectivity index (χ1) is 16.0. The monoisotopic (exact) mass is 524 g/mol. The Hall–Kier alpha value is -2.46. The van der Waals surface area contributed by atoms with Crippen LogP contribution in [0.2, 0.25) is 0 Å². The summed E-state index contributed by atoms with van der Waals surface area (Å²) in [7, 11) is -7.56. The van der Waals surface area contributed by atoms with E-state index in [0.29, 0.717) is 24.1 Å². The van der Waals surface area contributed by atoms with Gasteiger partial charge in [0.25, 0.3) is 0 Å². The Bertz CT molecular complexity index is 1360. The molecule has 0 aliphatic heterocycles. The Balaban J connectivity index is 2.78. The van der Waals surface area contributed by atoms with E-state index in [0.717, 1.165) is 17.4 Å². The highest BCUT2D eigenvalue weighted by molar-refractivity contribution is 7.90. The Morgan fingerprint density at radius 2 is 1.66 bits per heavy atom. The third-order valence-electron chi connectivity index (χ3n) is 6.03. The van der Waals surface area contributed by atoms with E-state index in [9.17, 15) is 21.6 Å². The van der Waals surface area contributed by atoms with E-state index < -0.39 is 31.0 Å². The zero-order valence-electron chi connectivity index (χ0n) is 22.0. The topological polar surface area (TPSA) is 112 Å². The lowest BCUT2D eigenvalue weighted by molar-refractivity contribution is 0.103. The SMILES string of the molecule is CCC(C)S(=O)(=O)Oc1c(C(=O)c2ccc(S(C)(=O)=O)c(C(C)=C(C)C)c2C)cnn1CC(C)C. The van der Waals surface area contributed by atoms with Gasteiger partial charge in [-0.05, 0) is 75.8 Å². The van der Waals surface area contributed by atoms with Gasteiger partial charge in [-0.25, -0.2) is 13.1 Å². The molecular weight excluding hydrogens is 488 g/mol. The molecule has 0 bridgehead atoms. The van der Waals surface area contributed by atoms with Crippen molar-refractivity contribution in [1.82, 2.24) is 9.78 Å². The highest BCUT2D eigenvalue weighted by Crippen LogP contribution is 2.33. The molecule has 35 heavy (non-hydrogen) atoms. The zero-order chi connectivity index (χ0) is 26.9. The summed E-state index contributed by atoms with van der Waals surface area (Å²) in [5.74, 6) is -0.500. The number of nitrogens with zero attached hydrogens (tertiary/aromatic N) is 2. The third kappa shape index (κ3) is 6.22. The van der Waals surface area contributed by atoms with Crippen LogP contribution in [0.5, 0.6) is 5.88 Å². The maximum atomic E-state index is 13.7. The molecule has 2 aromatic rings. The van der Waals surface area contributed by atoms with Crippen molar-refractivity contribution in [3.05, 3.63) is 46.2 Å². The van der Waals surface area contributed by atoms with E-state index in [4.69, 9.17) is 4.18 Å². The number of hydrogen-bond donors (Lipinski definition) is 0. The number of benzene rings is 1. The standard InChI is InChI=1S/C25H36N2O6S2/c1-10-17(6)35(31,32)33-25-21(13-26-27(25)14-15(2)3)24(28)20-11-12-22(34(9,29)30)23(19(20)8)18(7)16(4)5/h11-13,15,17H,10,14H2,1-9H3. The van der Waals surface area contributed by atoms with E-state index >= 15 is 0 Å². The van der Waals surface area contributed by atoms with Crippen LogP contribution in [0.25, 0.3) is 5.57 Å². The third-order valence-corrected chi connectivity index (χ3v) is 8.88. The predicted molar refractivity (Wildman–Crippen MR) is 138 cm³/mol. The minimum atomic E-state index is -4.00. The van der Waals surface area contributed by atoms with E-state index in [1.165, 1.54) is 23.0 Å². The number of sulfone groups is 1.